The average molecular weight is 278 g/mol. The topological polar surface area (TPSA) is 0 Å². The van der Waals surface area contributed by atoms with Crippen molar-refractivity contribution in [3.05, 3.63) is 91.0 Å². The lowest BCUT2D eigenvalue weighted by Gasteiger charge is -2.22. The molecule has 0 nitrogen and oxygen atoms in total. The van der Waals surface area contributed by atoms with Crippen molar-refractivity contribution in [3.63, 3.8) is 0 Å². The molecule has 0 saturated carbocycles. The molecule has 0 radical (unpaired) electrons. The summed E-state index contributed by atoms with van der Waals surface area (Å²) in [6.07, 6.45) is 0. The predicted molar refractivity (Wildman–Crippen MR) is 91.1 cm³/mol. The van der Waals surface area contributed by atoms with Crippen LogP contribution in [-0.4, -0.2) is 6.66 Å². The molecule has 0 spiro atoms. The van der Waals surface area contributed by atoms with Gasteiger partial charge in [0.1, 0.15) is 23.2 Å². The summed E-state index contributed by atoms with van der Waals surface area (Å²) in [5.74, 6) is 0. The van der Waals surface area contributed by atoms with Crippen molar-refractivity contribution in [2.45, 2.75) is 0 Å². The maximum Gasteiger partial charge on any atom is 0.109 e. The van der Waals surface area contributed by atoms with E-state index in [1.807, 2.05) is 0 Å². The van der Waals surface area contributed by atoms with Crippen molar-refractivity contribution in [1.82, 2.24) is 0 Å². The fourth-order valence-electron chi connectivity index (χ4n) is 2.63. The molecule has 0 N–H and O–H groups in total. The Kier molecular flexibility index (Phi) is 3.67. The number of rotatable bonds is 3. The van der Waals surface area contributed by atoms with E-state index in [1.54, 1.807) is 0 Å². The molecule has 1 heteroatoms. The Morgan fingerprint density at radius 3 is 0.950 bits per heavy atom. The molecule has 3 rings (SSSR count). The Bertz CT molecular complexity index is 563. The van der Waals surface area contributed by atoms with Crippen molar-refractivity contribution in [2.75, 3.05) is 6.66 Å². The summed E-state index contributed by atoms with van der Waals surface area (Å²) in [6.45, 7) is 2.41. The van der Waals surface area contributed by atoms with Crippen LogP contribution in [0, 0.1) is 0 Å². The summed E-state index contributed by atoms with van der Waals surface area (Å²) in [5.41, 5.74) is 0. The molecule has 0 fully saturated rings. The van der Waals surface area contributed by atoms with E-state index in [1.165, 1.54) is 15.9 Å². The highest BCUT2D eigenvalue weighted by atomic mass is 31.2. The minimum atomic E-state index is -1.53. The van der Waals surface area contributed by atoms with Crippen LogP contribution >= 0.6 is 7.26 Å². The summed E-state index contributed by atoms with van der Waals surface area (Å²) >= 11 is 0. The van der Waals surface area contributed by atoms with Crippen molar-refractivity contribution in [2.24, 2.45) is 0 Å². The van der Waals surface area contributed by atoms with E-state index in [2.05, 4.69) is 97.7 Å². The zero-order valence-electron chi connectivity index (χ0n) is 11.6. The molecule has 0 amide bonds. The van der Waals surface area contributed by atoms with Gasteiger partial charge in [0, 0.05) is 0 Å². The van der Waals surface area contributed by atoms with E-state index in [0.29, 0.717) is 0 Å². The van der Waals surface area contributed by atoms with E-state index in [-0.39, 0.29) is 0 Å². The summed E-state index contributed by atoms with van der Waals surface area (Å²) in [7, 11) is -1.53. The van der Waals surface area contributed by atoms with Gasteiger partial charge in [0.25, 0.3) is 0 Å². The zero-order valence-corrected chi connectivity index (χ0v) is 12.5. The van der Waals surface area contributed by atoms with Crippen molar-refractivity contribution in [1.29, 1.82) is 0 Å². The molecular formula is C19H18P+. The molecular weight excluding hydrogens is 260 g/mol. The third-order valence-corrected chi connectivity index (χ3v) is 7.81. The molecule has 3 aromatic rings. The normalized spacial score (nSPS) is 11.2. The van der Waals surface area contributed by atoms with Gasteiger partial charge in [-0.2, -0.15) is 0 Å². The van der Waals surface area contributed by atoms with Crippen LogP contribution in [-0.2, 0) is 0 Å². The summed E-state index contributed by atoms with van der Waals surface area (Å²) in [4.78, 5) is 0. The van der Waals surface area contributed by atoms with Crippen LogP contribution in [0.2, 0.25) is 0 Å². The van der Waals surface area contributed by atoms with E-state index < -0.39 is 7.26 Å². The molecule has 0 unspecified atom stereocenters. The van der Waals surface area contributed by atoms with Gasteiger partial charge in [0.05, 0.1) is 6.66 Å². The lowest BCUT2D eigenvalue weighted by molar-refractivity contribution is 1.72. The molecule has 3 aromatic carbocycles. The molecule has 0 atom stereocenters. The van der Waals surface area contributed by atoms with Crippen LogP contribution < -0.4 is 15.9 Å². The highest BCUT2D eigenvalue weighted by Gasteiger charge is 2.39. The first kappa shape index (κ1) is 13.1. The highest BCUT2D eigenvalue weighted by molar-refractivity contribution is 7.95. The fourth-order valence-corrected chi connectivity index (χ4v) is 5.83. The SMILES string of the molecule is [13CH3][P+](c1ccccc1)(c1ccccc1)c1ccccc1. The summed E-state index contributed by atoms with van der Waals surface area (Å²) < 4.78 is 0. The van der Waals surface area contributed by atoms with Gasteiger partial charge >= 0.3 is 0 Å². The number of benzene rings is 3. The Morgan fingerprint density at radius 1 is 0.450 bits per heavy atom. The quantitative estimate of drug-likeness (QED) is 0.507. The molecule has 98 valence electrons. The van der Waals surface area contributed by atoms with Gasteiger partial charge in [0.15, 0.2) is 0 Å². The second-order valence-electron chi connectivity index (χ2n) is 5.01. The molecule has 20 heavy (non-hydrogen) atoms. The van der Waals surface area contributed by atoms with Gasteiger partial charge in [-0.05, 0) is 36.4 Å². The Labute approximate surface area is 121 Å². The van der Waals surface area contributed by atoms with Crippen LogP contribution in [0.15, 0.2) is 91.0 Å². The Hall–Kier alpha value is -1.91. The van der Waals surface area contributed by atoms with Gasteiger partial charge in [0.2, 0.25) is 0 Å². The molecule has 0 aliphatic carbocycles. The lowest BCUT2D eigenvalue weighted by atomic mass is 10.4. The first-order valence-electron chi connectivity index (χ1n) is 6.85. The van der Waals surface area contributed by atoms with Crippen LogP contribution in [0.1, 0.15) is 0 Å². The first-order chi connectivity index (χ1) is 9.82. The largest absolute Gasteiger partial charge is 0.109 e. The molecule has 0 aliphatic heterocycles. The van der Waals surface area contributed by atoms with Crippen LogP contribution in [0.4, 0.5) is 0 Å². The fraction of sp³-hybridized carbons (Fsp3) is 0.0526. The highest BCUT2D eigenvalue weighted by Crippen LogP contribution is 2.51. The number of hydrogen-bond acceptors (Lipinski definition) is 0. The van der Waals surface area contributed by atoms with E-state index in [4.69, 9.17) is 0 Å². The van der Waals surface area contributed by atoms with Crippen molar-refractivity contribution in [3.8, 4) is 0 Å². The monoisotopic (exact) mass is 278 g/mol. The van der Waals surface area contributed by atoms with Gasteiger partial charge < -0.3 is 0 Å². The molecule has 0 aliphatic rings. The minimum absolute atomic E-state index is 1.43. The molecule has 0 aromatic heterocycles. The minimum Gasteiger partial charge on any atom is -0.0620 e. The summed E-state index contributed by atoms with van der Waals surface area (Å²) in [6, 6.07) is 32.6. The summed E-state index contributed by atoms with van der Waals surface area (Å²) in [5, 5.41) is 4.28. The second kappa shape index (κ2) is 5.61. The third kappa shape index (κ3) is 2.28. The number of hydrogen-bond donors (Lipinski definition) is 0. The van der Waals surface area contributed by atoms with Crippen molar-refractivity contribution < 1.29 is 0 Å². The lowest BCUT2D eigenvalue weighted by Crippen LogP contribution is -2.30. The zero-order chi connectivity index (χ0) is 13.8. The predicted octanol–water partition coefficient (Wildman–Crippen LogP) is 3.61. The second-order valence-corrected chi connectivity index (χ2v) is 8.57. The van der Waals surface area contributed by atoms with E-state index >= 15 is 0 Å². The smallest absolute Gasteiger partial charge is 0.0620 e. The maximum atomic E-state index is 2.41. The first-order valence-corrected chi connectivity index (χ1v) is 9.09. The Balaban J connectivity index is 2.24. The van der Waals surface area contributed by atoms with Crippen LogP contribution in [0.3, 0.4) is 0 Å². The molecule has 0 bridgehead atoms. The molecule has 0 saturated heterocycles. The van der Waals surface area contributed by atoms with Gasteiger partial charge in [-0.15, -0.1) is 0 Å². The van der Waals surface area contributed by atoms with Crippen LogP contribution in [0.5, 0.6) is 0 Å². The standard InChI is InChI=1S/C19H18P/c1-20(17-11-5-2-6-12-17,18-13-7-3-8-14-18)19-15-9-4-10-16-19/h2-16H,1H3/q+1/i1+1. The molecule has 0 heterocycles. The van der Waals surface area contributed by atoms with E-state index in [9.17, 15) is 0 Å². The van der Waals surface area contributed by atoms with Gasteiger partial charge in [-0.3, -0.25) is 0 Å². The third-order valence-electron chi connectivity index (χ3n) is 3.82. The van der Waals surface area contributed by atoms with Gasteiger partial charge in [-0.1, -0.05) is 54.6 Å². The maximum absolute atomic E-state index is 2.41. The van der Waals surface area contributed by atoms with Crippen molar-refractivity contribution >= 4 is 23.2 Å². The van der Waals surface area contributed by atoms with Gasteiger partial charge in [-0.25, -0.2) is 0 Å². The Morgan fingerprint density at radius 2 is 0.700 bits per heavy atom. The van der Waals surface area contributed by atoms with Crippen LogP contribution in [0.25, 0.3) is 0 Å². The average Bonchev–Trinajstić information content (AvgIpc) is 2.56. The van der Waals surface area contributed by atoms with E-state index in [0.717, 1.165) is 0 Å².